The van der Waals surface area contributed by atoms with E-state index >= 15 is 0 Å². The largest absolute Gasteiger partial charge is 0.399 e. The highest BCUT2D eigenvalue weighted by molar-refractivity contribution is 6.04. The monoisotopic (exact) mass is 238 g/mol. The molecule has 0 fully saturated rings. The Kier molecular flexibility index (Phi) is 3.44. The molecule has 0 unspecified atom stereocenters. The minimum atomic E-state index is -0.143. The lowest BCUT2D eigenvalue weighted by atomic mass is 10.1. The van der Waals surface area contributed by atoms with E-state index in [2.05, 4.69) is 11.9 Å². The quantitative estimate of drug-likeness (QED) is 0.807. The van der Waals surface area contributed by atoms with Crippen molar-refractivity contribution in [3.63, 3.8) is 0 Å². The van der Waals surface area contributed by atoms with Gasteiger partial charge in [-0.3, -0.25) is 4.79 Å². The second kappa shape index (κ2) is 5.19. The highest BCUT2D eigenvalue weighted by atomic mass is 16.1. The summed E-state index contributed by atoms with van der Waals surface area (Å²) >= 11 is 0. The van der Waals surface area contributed by atoms with Crippen LogP contribution in [0, 0.1) is 0 Å². The first-order valence-corrected chi connectivity index (χ1v) is 5.58. The minimum absolute atomic E-state index is 0.143. The van der Waals surface area contributed by atoms with E-state index in [1.165, 1.54) is 0 Å². The van der Waals surface area contributed by atoms with Crippen LogP contribution in [0.4, 0.5) is 11.4 Å². The van der Waals surface area contributed by atoms with Gasteiger partial charge in [-0.15, -0.1) is 0 Å². The van der Waals surface area contributed by atoms with E-state index in [0.29, 0.717) is 11.3 Å². The predicted molar refractivity (Wildman–Crippen MR) is 75.3 cm³/mol. The highest BCUT2D eigenvalue weighted by Gasteiger charge is 2.05. The van der Waals surface area contributed by atoms with Crippen molar-refractivity contribution in [3.8, 4) is 0 Å². The van der Waals surface area contributed by atoms with Gasteiger partial charge in [0.05, 0.1) is 0 Å². The van der Waals surface area contributed by atoms with Crippen LogP contribution < -0.4 is 11.1 Å². The first-order valence-electron chi connectivity index (χ1n) is 5.58. The molecule has 2 rings (SSSR count). The van der Waals surface area contributed by atoms with E-state index in [9.17, 15) is 4.79 Å². The average molecular weight is 238 g/mol. The minimum Gasteiger partial charge on any atom is -0.399 e. The average Bonchev–Trinajstić information content (AvgIpc) is 2.41. The molecule has 0 saturated heterocycles. The van der Waals surface area contributed by atoms with E-state index in [4.69, 9.17) is 5.73 Å². The van der Waals surface area contributed by atoms with Gasteiger partial charge in [0.2, 0.25) is 0 Å². The third-order valence-corrected chi connectivity index (χ3v) is 2.58. The van der Waals surface area contributed by atoms with Gasteiger partial charge >= 0.3 is 0 Å². The van der Waals surface area contributed by atoms with Crippen molar-refractivity contribution >= 4 is 23.4 Å². The van der Waals surface area contributed by atoms with Crippen molar-refractivity contribution in [2.45, 2.75) is 0 Å². The molecule has 3 nitrogen and oxygen atoms in total. The van der Waals surface area contributed by atoms with Crippen LogP contribution in [0.5, 0.6) is 0 Å². The smallest absolute Gasteiger partial charge is 0.255 e. The molecule has 0 heterocycles. The van der Waals surface area contributed by atoms with Crippen molar-refractivity contribution in [2.24, 2.45) is 0 Å². The molecule has 2 aromatic carbocycles. The van der Waals surface area contributed by atoms with E-state index in [0.717, 1.165) is 11.3 Å². The van der Waals surface area contributed by atoms with E-state index in [1.54, 1.807) is 42.5 Å². The molecule has 90 valence electrons. The number of rotatable bonds is 3. The number of carbonyl (C=O) groups excluding carboxylic acids is 1. The Morgan fingerprint density at radius 1 is 1.06 bits per heavy atom. The molecule has 2 aromatic rings. The summed E-state index contributed by atoms with van der Waals surface area (Å²) in [6.07, 6.45) is 1.74. The van der Waals surface area contributed by atoms with Gasteiger partial charge in [-0.1, -0.05) is 24.8 Å². The molecule has 0 bridgehead atoms. The van der Waals surface area contributed by atoms with Crippen LogP contribution in [0.2, 0.25) is 0 Å². The SMILES string of the molecule is C=Cc1ccc(C(=O)Nc2ccc(N)cc2)cc1. The Balaban J connectivity index is 2.11. The number of nitrogens with one attached hydrogen (secondary N) is 1. The lowest BCUT2D eigenvalue weighted by Gasteiger charge is -2.05. The van der Waals surface area contributed by atoms with E-state index in [-0.39, 0.29) is 5.91 Å². The van der Waals surface area contributed by atoms with Gasteiger partial charge < -0.3 is 11.1 Å². The summed E-state index contributed by atoms with van der Waals surface area (Å²) in [6, 6.07) is 14.3. The zero-order valence-electron chi connectivity index (χ0n) is 9.89. The number of carbonyl (C=O) groups is 1. The molecule has 0 radical (unpaired) electrons. The normalized spacial score (nSPS) is 9.78. The molecule has 0 saturated carbocycles. The molecule has 0 aliphatic heterocycles. The summed E-state index contributed by atoms with van der Waals surface area (Å²) in [7, 11) is 0. The predicted octanol–water partition coefficient (Wildman–Crippen LogP) is 3.16. The second-order valence-corrected chi connectivity index (χ2v) is 3.90. The van der Waals surface area contributed by atoms with Crippen LogP contribution in [-0.4, -0.2) is 5.91 Å². The van der Waals surface area contributed by atoms with Crippen molar-refractivity contribution in [1.29, 1.82) is 0 Å². The zero-order valence-corrected chi connectivity index (χ0v) is 9.89. The zero-order chi connectivity index (χ0) is 13.0. The lowest BCUT2D eigenvalue weighted by Crippen LogP contribution is -2.11. The molecule has 18 heavy (non-hydrogen) atoms. The number of hydrogen-bond donors (Lipinski definition) is 2. The fourth-order valence-corrected chi connectivity index (χ4v) is 1.54. The molecular formula is C15H14N2O. The molecule has 3 N–H and O–H groups in total. The van der Waals surface area contributed by atoms with E-state index < -0.39 is 0 Å². The van der Waals surface area contributed by atoms with Crippen molar-refractivity contribution in [3.05, 3.63) is 66.2 Å². The van der Waals surface area contributed by atoms with Gasteiger partial charge in [0, 0.05) is 16.9 Å². The van der Waals surface area contributed by atoms with Crippen molar-refractivity contribution < 1.29 is 4.79 Å². The summed E-state index contributed by atoms with van der Waals surface area (Å²) < 4.78 is 0. The van der Waals surface area contributed by atoms with Crippen molar-refractivity contribution in [2.75, 3.05) is 11.1 Å². The van der Waals surface area contributed by atoms with Gasteiger partial charge in [0.15, 0.2) is 0 Å². The molecule has 0 atom stereocenters. The lowest BCUT2D eigenvalue weighted by molar-refractivity contribution is 0.102. The molecule has 3 heteroatoms. The van der Waals surface area contributed by atoms with E-state index in [1.807, 2.05) is 12.1 Å². The number of amides is 1. The number of nitrogens with two attached hydrogens (primary N) is 1. The van der Waals surface area contributed by atoms with Gasteiger partial charge in [-0.05, 0) is 42.0 Å². The van der Waals surface area contributed by atoms with Crippen molar-refractivity contribution in [1.82, 2.24) is 0 Å². The topological polar surface area (TPSA) is 55.1 Å². The summed E-state index contributed by atoms with van der Waals surface area (Å²) in [5.41, 5.74) is 8.57. The summed E-state index contributed by atoms with van der Waals surface area (Å²) in [4.78, 5) is 11.9. The fourth-order valence-electron chi connectivity index (χ4n) is 1.54. The van der Waals surface area contributed by atoms with Gasteiger partial charge in [0.1, 0.15) is 0 Å². The summed E-state index contributed by atoms with van der Waals surface area (Å²) in [5.74, 6) is -0.143. The molecule has 0 aromatic heterocycles. The van der Waals surface area contributed by atoms with Crippen LogP contribution in [0.15, 0.2) is 55.1 Å². The third kappa shape index (κ3) is 2.77. The first kappa shape index (κ1) is 11.9. The van der Waals surface area contributed by atoms with Crippen LogP contribution in [0.25, 0.3) is 6.08 Å². The Bertz CT molecular complexity index is 556. The van der Waals surface area contributed by atoms with Crippen LogP contribution in [-0.2, 0) is 0 Å². The summed E-state index contributed by atoms with van der Waals surface area (Å²) in [6.45, 7) is 3.67. The first-order chi connectivity index (χ1) is 8.69. The van der Waals surface area contributed by atoms with Gasteiger partial charge in [-0.25, -0.2) is 0 Å². The standard InChI is InChI=1S/C15H14N2O/c1-2-11-3-5-12(6-4-11)15(18)17-14-9-7-13(16)8-10-14/h2-10H,1,16H2,(H,17,18). The third-order valence-electron chi connectivity index (χ3n) is 2.58. The Labute approximate surface area is 106 Å². The number of anilines is 2. The van der Waals surface area contributed by atoms with Crippen LogP contribution in [0.1, 0.15) is 15.9 Å². The van der Waals surface area contributed by atoms with Gasteiger partial charge in [-0.2, -0.15) is 0 Å². The van der Waals surface area contributed by atoms with Gasteiger partial charge in [0.25, 0.3) is 5.91 Å². The fraction of sp³-hybridized carbons (Fsp3) is 0. The maximum Gasteiger partial charge on any atom is 0.255 e. The molecule has 0 aliphatic carbocycles. The second-order valence-electron chi connectivity index (χ2n) is 3.90. The Hall–Kier alpha value is -2.55. The molecule has 0 aliphatic rings. The van der Waals surface area contributed by atoms with Crippen LogP contribution in [0.3, 0.4) is 0 Å². The molecule has 1 amide bonds. The Morgan fingerprint density at radius 2 is 1.67 bits per heavy atom. The number of hydrogen-bond acceptors (Lipinski definition) is 2. The Morgan fingerprint density at radius 3 is 2.22 bits per heavy atom. The maximum atomic E-state index is 11.9. The number of benzene rings is 2. The van der Waals surface area contributed by atoms with Crippen LogP contribution >= 0.6 is 0 Å². The maximum absolute atomic E-state index is 11.9. The highest BCUT2D eigenvalue weighted by Crippen LogP contribution is 2.13. The molecule has 0 spiro atoms. The number of nitrogen functional groups attached to an aromatic ring is 1. The molecular weight excluding hydrogens is 224 g/mol. The summed E-state index contributed by atoms with van der Waals surface area (Å²) in [5, 5.41) is 2.80.